The van der Waals surface area contributed by atoms with Crippen molar-refractivity contribution >= 4 is 22.8 Å². The van der Waals surface area contributed by atoms with Crippen molar-refractivity contribution in [2.24, 2.45) is 7.05 Å². The van der Waals surface area contributed by atoms with E-state index in [0.717, 1.165) is 33.8 Å². The molecule has 2 aromatic heterocycles. The number of aromatic nitrogens is 2. The third-order valence-corrected chi connectivity index (χ3v) is 5.11. The molecule has 0 unspecified atom stereocenters. The van der Waals surface area contributed by atoms with E-state index in [1.807, 2.05) is 43.4 Å². The molecule has 0 saturated carbocycles. The Morgan fingerprint density at radius 2 is 1.83 bits per heavy atom. The minimum atomic E-state index is -0.425. The summed E-state index contributed by atoms with van der Waals surface area (Å²) >= 11 is 0. The highest BCUT2D eigenvalue weighted by Crippen LogP contribution is 2.42. The van der Waals surface area contributed by atoms with Gasteiger partial charge in [-0.25, -0.2) is 0 Å². The van der Waals surface area contributed by atoms with Gasteiger partial charge in [-0.3, -0.25) is 9.78 Å². The quantitative estimate of drug-likeness (QED) is 0.504. The third kappa shape index (κ3) is 2.57. The molecule has 0 saturated heterocycles. The van der Waals surface area contributed by atoms with Crippen LogP contribution in [0.15, 0.2) is 66.7 Å². The normalized spacial score (nSPS) is 14.4. The Morgan fingerprint density at radius 1 is 1.07 bits per heavy atom. The lowest BCUT2D eigenvalue weighted by Gasteiger charge is -2.06. The second-order valence-electron chi connectivity index (χ2n) is 6.85. The van der Waals surface area contributed by atoms with Crippen molar-refractivity contribution in [3.05, 3.63) is 77.8 Å². The molecule has 3 heterocycles. The molecule has 4 aromatic rings. The Labute approximate surface area is 165 Å². The van der Waals surface area contributed by atoms with Crippen LogP contribution in [0.1, 0.15) is 15.9 Å². The van der Waals surface area contributed by atoms with Gasteiger partial charge in [-0.05, 0) is 24.3 Å². The number of aryl methyl sites for hydroxylation is 1. The van der Waals surface area contributed by atoms with Gasteiger partial charge >= 0.3 is 0 Å². The molecule has 0 atom stereocenters. The fourth-order valence-electron chi connectivity index (χ4n) is 3.84. The molecule has 0 aliphatic carbocycles. The van der Waals surface area contributed by atoms with Crippen molar-refractivity contribution in [2.75, 3.05) is 0 Å². The molecule has 0 bridgehead atoms. The number of carbonyl (C=O) groups excluding carboxylic acids is 1. The molecule has 0 amide bonds. The van der Waals surface area contributed by atoms with E-state index in [0.29, 0.717) is 0 Å². The highest BCUT2D eigenvalue weighted by Gasteiger charge is 2.32. The fraction of sp³-hybridized carbons (Fsp3) is 0.0435. The highest BCUT2D eigenvalue weighted by atomic mass is 16.5. The number of hydrogen-bond donors (Lipinski definition) is 2. The first-order chi connectivity index (χ1) is 14.0. The maximum absolute atomic E-state index is 12.9. The summed E-state index contributed by atoms with van der Waals surface area (Å²) in [4.78, 5) is 17.0. The summed E-state index contributed by atoms with van der Waals surface area (Å²) in [5.41, 5.74) is 3.76. The van der Waals surface area contributed by atoms with Gasteiger partial charge in [0.25, 0.3) is 0 Å². The van der Waals surface area contributed by atoms with E-state index in [1.165, 1.54) is 6.07 Å². The zero-order chi connectivity index (χ0) is 20.1. The Kier molecular flexibility index (Phi) is 3.67. The third-order valence-electron chi connectivity index (χ3n) is 5.11. The minimum Gasteiger partial charge on any atom is -0.508 e. The van der Waals surface area contributed by atoms with Gasteiger partial charge in [-0.1, -0.05) is 18.2 Å². The van der Waals surface area contributed by atoms with Crippen LogP contribution in [0.5, 0.6) is 17.2 Å². The largest absolute Gasteiger partial charge is 0.508 e. The molecule has 6 nitrogen and oxygen atoms in total. The molecule has 29 heavy (non-hydrogen) atoms. The zero-order valence-corrected chi connectivity index (χ0v) is 15.5. The van der Waals surface area contributed by atoms with Crippen molar-refractivity contribution < 1.29 is 19.7 Å². The minimum absolute atomic E-state index is 0.0553. The second-order valence-corrected chi connectivity index (χ2v) is 6.85. The lowest BCUT2D eigenvalue weighted by molar-refractivity contribution is 0.101. The molecule has 5 rings (SSSR count). The number of para-hydroxylation sites is 1. The number of nitrogens with zero attached hydrogens (tertiary/aromatic N) is 2. The van der Waals surface area contributed by atoms with Crippen LogP contribution in [0.4, 0.5) is 0 Å². The average molecular weight is 384 g/mol. The second kappa shape index (κ2) is 6.24. The van der Waals surface area contributed by atoms with Crippen LogP contribution in [0, 0.1) is 0 Å². The first-order valence-corrected chi connectivity index (χ1v) is 9.02. The number of fused-ring (bicyclic) bond motifs is 2. The molecule has 1 aliphatic heterocycles. The Morgan fingerprint density at radius 3 is 2.62 bits per heavy atom. The van der Waals surface area contributed by atoms with Gasteiger partial charge in [-0.15, -0.1) is 0 Å². The molecular weight excluding hydrogens is 368 g/mol. The predicted molar refractivity (Wildman–Crippen MR) is 109 cm³/mol. The molecule has 0 spiro atoms. The van der Waals surface area contributed by atoms with E-state index >= 15 is 0 Å². The number of Topliss-reactive ketones (excluding diaryl/α,β-unsaturated/α-hetero) is 1. The van der Waals surface area contributed by atoms with E-state index < -0.39 is 5.78 Å². The Balaban J connectivity index is 1.74. The molecular formula is C23H16N2O4. The van der Waals surface area contributed by atoms with Gasteiger partial charge in [0.1, 0.15) is 22.8 Å². The topological polar surface area (TPSA) is 84.6 Å². The number of ketones is 1. The number of ether oxygens (including phenoxy) is 1. The summed E-state index contributed by atoms with van der Waals surface area (Å²) in [7, 11) is 1.97. The van der Waals surface area contributed by atoms with Crippen LogP contribution >= 0.6 is 0 Å². The van der Waals surface area contributed by atoms with E-state index in [2.05, 4.69) is 9.55 Å². The summed E-state index contributed by atoms with van der Waals surface area (Å²) in [6.45, 7) is 0. The number of phenolic OH excluding ortho intramolecular Hbond substituents is 2. The van der Waals surface area contributed by atoms with Crippen LogP contribution in [0.3, 0.4) is 0 Å². The van der Waals surface area contributed by atoms with E-state index in [-0.39, 0.29) is 28.6 Å². The molecule has 142 valence electrons. The van der Waals surface area contributed by atoms with Crippen molar-refractivity contribution in [3.63, 3.8) is 0 Å². The number of carbonyl (C=O) groups is 1. The lowest BCUT2D eigenvalue weighted by atomic mass is 10.0. The fourth-order valence-corrected chi connectivity index (χ4v) is 3.84. The molecule has 2 N–H and O–H groups in total. The lowest BCUT2D eigenvalue weighted by Crippen LogP contribution is -1.99. The van der Waals surface area contributed by atoms with E-state index in [4.69, 9.17) is 4.74 Å². The van der Waals surface area contributed by atoms with Gasteiger partial charge < -0.3 is 19.5 Å². The summed E-state index contributed by atoms with van der Waals surface area (Å²) in [5, 5.41) is 20.7. The average Bonchev–Trinajstić information content (AvgIpc) is 3.17. The first-order valence-electron chi connectivity index (χ1n) is 9.02. The maximum atomic E-state index is 12.9. The number of phenols is 2. The Hall–Kier alpha value is -4.06. The van der Waals surface area contributed by atoms with Gasteiger partial charge in [0.15, 0.2) is 5.76 Å². The van der Waals surface area contributed by atoms with Crippen LogP contribution in [-0.4, -0.2) is 25.5 Å². The first kappa shape index (κ1) is 17.1. The molecule has 1 aliphatic rings. The predicted octanol–water partition coefficient (Wildman–Crippen LogP) is 4.27. The van der Waals surface area contributed by atoms with E-state index in [1.54, 1.807) is 18.5 Å². The number of benzene rings is 2. The maximum Gasteiger partial charge on any atom is 0.235 e. The van der Waals surface area contributed by atoms with Gasteiger partial charge in [0.05, 0.1) is 5.69 Å². The number of allylic oxidation sites excluding steroid dienone is 1. The molecule has 0 fully saturated rings. The van der Waals surface area contributed by atoms with Crippen molar-refractivity contribution in [2.45, 2.75) is 0 Å². The molecule has 0 radical (unpaired) electrons. The number of rotatable bonds is 2. The van der Waals surface area contributed by atoms with Crippen LogP contribution in [-0.2, 0) is 7.05 Å². The summed E-state index contributed by atoms with van der Waals surface area (Å²) in [6, 6.07) is 14.2. The van der Waals surface area contributed by atoms with Gasteiger partial charge in [0.2, 0.25) is 5.78 Å². The van der Waals surface area contributed by atoms with Gasteiger partial charge in [0, 0.05) is 53.6 Å². The summed E-state index contributed by atoms with van der Waals surface area (Å²) in [6.07, 6.45) is 5.13. The SMILES string of the molecule is Cn1c(-c2ccncc2)c(/C=C2\Oc3cc(O)cc(O)c3C2=O)c2ccccc21. The zero-order valence-electron chi connectivity index (χ0n) is 15.5. The number of aromatic hydroxyl groups is 2. The monoisotopic (exact) mass is 384 g/mol. The summed E-state index contributed by atoms with van der Waals surface area (Å²) in [5.74, 6) is -0.665. The van der Waals surface area contributed by atoms with Crippen LogP contribution in [0.25, 0.3) is 28.2 Å². The van der Waals surface area contributed by atoms with Crippen LogP contribution in [0.2, 0.25) is 0 Å². The Bertz CT molecular complexity index is 1320. The van der Waals surface area contributed by atoms with Crippen molar-refractivity contribution in [1.29, 1.82) is 0 Å². The van der Waals surface area contributed by atoms with E-state index in [9.17, 15) is 15.0 Å². The van der Waals surface area contributed by atoms with Crippen LogP contribution < -0.4 is 4.74 Å². The smallest absolute Gasteiger partial charge is 0.235 e. The highest BCUT2D eigenvalue weighted by molar-refractivity contribution is 6.17. The van der Waals surface area contributed by atoms with Crippen molar-refractivity contribution in [1.82, 2.24) is 9.55 Å². The number of pyridine rings is 1. The molecule has 2 aromatic carbocycles. The summed E-state index contributed by atoms with van der Waals surface area (Å²) < 4.78 is 7.77. The van der Waals surface area contributed by atoms with Crippen molar-refractivity contribution in [3.8, 4) is 28.5 Å². The number of hydrogen-bond acceptors (Lipinski definition) is 5. The van der Waals surface area contributed by atoms with Gasteiger partial charge in [-0.2, -0.15) is 0 Å². The molecule has 6 heteroatoms. The standard InChI is InChI=1S/C23H16N2O4/c1-25-17-5-3-2-4-15(17)16(22(25)13-6-8-24-9-7-13)12-20-23(28)21-18(27)10-14(26)11-19(21)29-20/h2-12,26-27H,1H3/b20-12-.